The van der Waals surface area contributed by atoms with Crippen LogP contribution in [0.2, 0.25) is 0 Å². The maximum atomic E-state index is 12.4. The number of rotatable bonds is 4. The van der Waals surface area contributed by atoms with Crippen molar-refractivity contribution in [1.29, 1.82) is 0 Å². The van der Waals surface area contributed by atoms with Crippen molar-refractivity contribution in [3.8, 4) is 11.1 Å². The average molecular weight is 324 g/mol. The van der Waals surface area contributed by atoms with Crippen LogP contribution in [0.3, 0.4) is 0 Å². The maximum absolute atomic E-state index is 12.4. The lowest BCUT2D eigenvalue weighted by atomic mass is 10.0. The van der Waals surface area contributed by atoms with E-state index in [2.05, 4.69) is 5.32 Å². The van der Waals surface area contributed by atoms with Gasteiger partial charge in [-0.15, -0.1) is 0 Å². The van der Waals surface area contributed by atoms with Crippen LogP contribution in [-0.4, -0.2) is 23.1 Å². The third-order valence-electron chi connectivity index (χ3n) is 4.53. The van der Waals surface area contributed by atoms with Gasteiger partial charge < -0.3 is 5.32 Å². The van der Waals surface area contributed by atoms with E-state index in [1.807, 2.05) is 42.5 Å². The average Bonchev–Trinajstić information content (AvgIpc) is 3.10. The van der Waals surface area contributed by atoms with Crippen LogP contribution in [0.25, 0.3) is 11.1 Å². The van der Waals surface area contributed by atoms with Gasteiger partial charge in [-0.1, -0.05) is 48.9 Å². The molecule has 3 rings (SSSR count). The Morgan fingerprint density at radius 3 is 2.25 bits per heavy atom. The van der Waals surface area contributed by atoms with Crippen molar-refractivity contribution in [2.24, 2.45) is 5.92 Å². The lowest BCUT2D eigenvalue weighted by molar-refractivity contribution is -0.133. The second-order valence-electron chi connectivity index (χ2n) is 6.04. The molecule has 2 aromatic carbocycles. The highest BCUT2D eigenvalue weighted by molar-refractivity contribution is 5.95. The largest absolute Gasteiger partial charge is 0.349 e. The number of hydrogen-bond acceptors (Lipinski definition) is 3. The highest BCUT2D eigenvalue weighted by Gasteiger charge is 2.34. The Labute approximate surface area is 140 Å². The predicted molar refractivity (Wildman–Crippen MR) is 90.4 cm³/mol. The van der Waals surface area contributed by atoms with E-state index in [1.165, 1.54) is 0 Å². The Kier molecular flexibility index (Phi) is 4.91. The minimum atomic E-state index is -0.433. The standard InChI is InChI=1S/C19H20N2O3/c22-18(20-17-8-4-7-16(17)19(23)21-24)15-11-9-14(10-12-15)13-5-2-1-3-6-13/h1-3,5-6,9-12,16-17,24H,4,7-8H2,(H,20,22)(H,21,23)/t16-,17+/m0/s1. The summed E-state index contributed by atoms with van der Waals surface area (Å²) in [6.45, 7) is 0. The molecule has 0 spiro atoms. The predicted octanol–water partition coefficient (Wildman–Crippen LogP) is 2.76. The first-order valence-electron chi connectivity index (χ1n) is 8.09. The number of hydrogen-bond donors (Lipinski definition) is 3. The minimum Gasteiger partial charge on any atom is -0.349 e. The van der Waals surface area contributed by atoms with Crippen molar-refractivity contribution in [2.75, 3.05) is 0 Å². The fraction of sp³-hybridized carbons (Fsp3) is 0.263. The van der Waals surface area contributed by atoms with Gasteiger partial charge in [0, 0.05) is 11.6 Å². The van der Waals surface area contributed by atoms with Gasteiger partial charge in [0.15, 0.2) is 0 Å². The van der Waals surface area contributed by atoms with Crippen molar-refractivity contribution in [3.63, 3.8) is 0 Å². The lowest BCUT2D eigenvalue weighted by Gasteiger charge is -2.19. The maximum Gasteiger partial charge on any atom is 0.251 e. The number of carbonyl (C=O) groups excluding carboxylic acids is 2. The molecule has 1 fully saturated rings. The molecule has 24 heavy (non-hydrogen) atoms. The monoisotopic (exact) mass is 324 g/mol. The molecule has 0 saturated heterocycles. The summed E-state index contributed by atoms with van der Waals surface area (Å²) in [5.74, 6) is -1.00. The molecule has 2 amide bonds. The first kappa shape index (κ1) is 16.2. The van der Waals surface area contributed by atoms with E-state index in [1.54, 1.807) is 17.6 Å². The molecule has 2 atom stereocenters. The zero-order chi connectivity index (χ0) is 16.9. The van der Waals surface area contributed by atoms with E-state index in [-0.39, 0.29) is 17.9 Å². The van der Waals surface area contributed by atoms with Gasteiger partial charge >= 0.3 is 0 Å². The number of hydroxylamine groups is 1. The highest BCUT2D eigenvalue weighted by Crippen LogP contribution is 2.26. The number of carbonyl (C=O) groups is 2. The molecule has 124 valence electrons. The SMILES string of the molecule is O=C(N[C@@H]1CCC[C@@H]1C(=O)NO)c1ccc(-c2ccccc2)cc1. The van der Waals surface area contributed by atoms with E-state index in [0.717, 1.165) is 24.0 Å². The number of amides is 2. The summed E-state index contributed by atoms with van der Waals surface area (Å²) in [6.07, 6.45) is 2.27. The Bertz CT molecular complexity index is 713. The highest BCUT2D eigenvalue weighted by atomic mass is 16.5. The molecule has 0 heterocycles. The van der Waals surface area contributed by atoms with Gasteiger partial charge in [-0.2, -0.15) is 0 Å². The van der Waals surface area contributed by atoms with Gasteiger partial charge in [0.2, 0.25) is 5.91 Å². The van der Waals surface area contributed by atoms with Crippen LogP contribution in [-0.2, 0) is 4.79 Å². The zero-order valence-corrected chi connectivity index (χ0v) is 13.2. The first-order valence-corrected chi connectivity index (χ1v) is 8.09. The van der Waals surface area contributed by atoms with Gasteiger partial charge in [0.25, 0.3) is 5.91 Å². The smallest absolute Gasteiger partial charge is 0.251 e. The molecule has 3 N–H and O–H groups in total. The van der Waals surface area contributed by atoms with Gasteiger partial charge in [-0.05, 0) is 36.1 Å². The van der Waals surface area contributed by atoms with Crippen LogP contribution in [0.5, 0.6) is 0 Å². The molecular formula is C19H20N2O3. The van der Waals surface area contributed by atoms with Gasteiger partial charge in [-0.25, -0.2) is 5.48 Å². The molecular weight excluding hydrogens is 304 g/mol. The number of nitrogens with one attached hydrogen (secondary N) is 2. The van der Waals surface area contributed by atoms with E-state index in [4.69, 9.17) is 5.21 Å². The zero-order valence-electron chi connectivity index (χ0n) is 13.2. The van der Waals surface area contributed by atoms with E-state index in [9.17, 15) is 9.59 Å². The van der Waals surface area contributed by atoms with Crippen LogP contribution in [0.4, 0.5) is 0 Å². The lowest BCUT2D eigenvalue weighted by Crippen LogP contribution is -2.43. The summed E-state index contributed by atoms with van der Waals surface area (Å²) in [5, 5.41) is 11.7. The van der Waals surface area contributed by atoms with Crippen LogP contribution >= 0.6 is 0 Å². The van der Waals surface area contributed by atoms with Gasteiger partial charge in [0.05, 0.1) is 5.92 Å². The fourth-order valence-electron chi connectivity index (χ4n) is 3.23. The molecule has 5 nitrogen and oxygen atoms in total. The van der Waals surface area contributed by atoms with Crippen molar-refractivity contribution < 1.29 is 14.8 Å². The summed E-state index contributed by atoms with van der Waals surface area (Å²) in [5.41, 5.74) is 4.39. The first-order chi connectivity index (χ1) is 11.7. The molecule has 0 aromatic heterocycles. The quantitative estimate of drug-likeness (QED) is 0.598. The van der Waals surface area contributed by atoms with Gasteiger partial charge in [0.1, 0.15) is 0 Å². The molecule has 1 saturated carbocycles. The normalized spacial score (nSPS) is 19.7. The van der Waals surface area contributed by atoms with Crippen LogP contribution in [0, 0.1) is 5.92 Å². The van der Waals surface area contributed by atoms with Gasteiger partial charge in [-0.3, -0.25) is 14.8 Å². The topological polar surface area (TPSA) is 78.4 Å². The molecule has 0 aliphatic heterocycles. The van der Waals surface area contributed by atoms with Crippen molar-refractivity contribution in [1.82, 2.24) is 10.8 Å². The molecule has 0 radical (unpaired) electrons. The molecule has 0 unspecified atom stereocenters. The fourth-order valence-corrected chi connectivity index (χ4v) is 3.23. The van der Waals surface area contributed by atoms with Crippen LogP contribution in [0.15, 0.2) is 54.6 Å². The minimum absolute atomic E-state index is 0.197. The summed E-state index contributed by atoms with van der Waals surface area (Å²) in [4.78, 5) is 24.0. The second kappa shape index (κ2) is 7.27. The van der Waals surface area contributed by atoms with E-state index >= 15 is 0 Å². The Morgan fingerprint density at radius 1 is 0.917 bits per heavy atom. The number of benzene rings is 2. The molecule has 1 aliphatic carbocycles. The Balaban J connectivity index is 1.68. The van der Waals surface area contributed by atoms with Crippen molar-refractivity contribution in [3.05, 3.63) is 60.2 Å². The summed E-state index contributed by atoms with van der Waals surface area (Å²) in [6, 6.07) is 17.1. The van der Waals surface area contributed by atoms with Crippen molar-refractivity contribution in [2.45, 2.75) is 25.3 Å². The molecule has 0 bridgehead atoms. The molecule has 5 heteroatoms. The van der Waals surface area contributed by atoms with Crippen LogP contribution < -0.4 is 10.8 Å². The summed E-state index contributed by atoms with van der Waals surface area (Å²) < 4.78 is 0. The Hall–Kier alpha value is -2.66. The van der Waals surface area contributed by atoms with E-state index < -0.39 is 5.91 Å². The van der Waals surface area contributed by atoms with E-state index in [0.29, 0.717) is 12.0 Å². The summed E-state index contributed by atoms with van der Waals surface area (Å²) in [7, 11) is 0. The third-order valence-corrected chi connectivity index (χ3v) is 4.53. The Morgan fingerprint density at radius 2 is 1.58 bits per heavy atom. The summed E-state index contributed by atoms with van der Waals surface area (Å²) >= 11 is 0. The van der Waals surface area contributed by atoms with Crippen molar-refractivity contribution >= 4 is 11.8 Å². The molecule has 2 aromatic rings. The second-order valence-corrected chi connectivity index (χ2v) is 6.04. The molecule has 1 aliphatic rings. The van der Waals surface area contributed by atoms with Crippen LogP contribution in [0.1, 0.15) is 29.6 Å². The third kappa shape index (κ3) is 3.46.